The van der Waals surface area contributed by atoms with E-state index in [1.807, 2.05) is 0 Å². The Labute approximate surface area is 118 Å². The molecule has 2 rings (SSSR count). The summed E-state index contributed by atoms with van der Waals surface area (Å²) in [5.41, 5.74) is 0.985. The average Bonchev–Trinajstić information content (AvgIpc) is 2.74. The number of ether oxygens (including phenoxy) is 1. The fraction of sp³-hybridized carbons (Fsp3) is 0.467. The molecule has 0 spiro atoms. The number of carboxylic acids is 1. The molecule has 0 saturated carbocycles. The van der Waals surface area contributed by atoms with Crippen molar-refractivity contribution < 1.29 is 19.4 Å². The van der Waals surface area contributed by atoms with Gasteiger partial charge in [0.1, 0.15) is 0 Å². The maximum absolute atomic E-state index is 12.1. The molecule has 0 aliphatic carbocycles. The molecule has 0 bridgehead atoms. The molecule has 1 aliphatic heterocycles. The smallest absolute Gasteiger partial charge is 0.335 e. The summed E-state index contributed by atoms with van der Waals surface area (Å²) >= 11 is 0. The van der Waals surface area contributed by atoms with E-state index in [9.17, 15) is 9.59 Å². The molecule has 1 N–H and O–H groups in total. The number of aryl methyl sites for hydroxylation is 1. The Bertz CT molecular complexity index is 479. The van der Waals surface area contributed by atoms with Gasteiger partial charge in [-0.25, -0.2) is 4.79 Å². The van der Waals surface area contributed by atoms with Gasteiger partial charge in [-0.3, -0.25) is 4.79 Å². The van der Waals surface area contributed by atoms with Gasteiger partial charge >= 0.3 is 5.97 Å². The summed E-state index contributed by atoms with van der Waals surface area (Å²) in [5.74, 6) is -0.882. The number of nitrogens with zero attached hydrogens (tertiary/aromatic N) is 1. The van der Waals surface area contributed by atoms with Crippen molar-refractivity contribution in [3.8, 4) is 0 Å². The van der Waals surface area contributed by atoms with E-state index in [1.54, 1.807) is 29.2 Å². The van der Waals surface area contributed by atoms with E-state index >= 15 is 0 Å². The molecule has 0 aromatic heterocycles. The van der Waals surface area contributed by atoms with E-state index in [4.69, 9.17) is 9.84 Å². The Balaban J connectivity index is 1.94. The van der Waals surface area contributed by atoms with Crippen LogP contribution in [0, 0.1) is 0 Å². The number of carboxylic acid groups (broad SMARTS) is 1. The number of hydrogen-bond acceptors (Lipinski definition) is 3. The Kier molecular flexibility index (Phi) is 5.12. The van der Waals surface area contributed by atoms with Crippen molar-refractivity contribution >= 4 is 11.9 Å². The molecule has 0 unspecified atom stereocenters. The second-order valence-electron chi connectivity index (χ2n) is 4.81. The van der Waals surface area contributed by atoms with Gasteiger partial charge in [-0.2, -0.15) is 0 Å². The van der Waals surface area contributed by atoms with Crippen LogP contribution in [-0.2, 0) is 16.0 Å². The SMILES string of the molecule is O=C(O)c1ccccc1CCC(=O)N1CCCOCC1. The van der Waals surface area contributed by atoms with Crippen LogP contribution >= 0.6 is 0 Å². The van der Waals surface area contributed by atoms with Crippen LogP contribution in [0.15, 0.2) is 24.3 Å². The maximum atomic E-state index is 12.1. The zero-order chi connectivity index (χ0) is 14.4. The van der Waals surface area contributed by atoms with Gasteiger partial charge in [-0.05, 0) is 24.5 Å². The molecular weight excluding hydrogens is 258 g/mol. The molecule has 1 heterocycles. The zero-order valence-electron chi connectivity index (χ0n) is 11.4. The van der Waals surface area contributed by atoms with E-state index < -0.39 is 5.97 Å². The first-order valence-electron chi connectivity index (χ1n) is 6.85. The van der Waals surface area contributed by atoms with Gasteiger partial charge in [0, 0.05) is 26.1 Å². The number of aromatic carboxylic acids is 1. The van der Waals surface area contributed by atoms with E-state index in [1.165, 1.54) is 0 Å². The number of carbonyl (C=O) groups excluding carboxylic acids is 1. The molecule has 5 heteroatoms. The van der Waals surface area contributed by atoms with Gasteiger partial charge in [0.2, 0.25) is 5.91 Å². The van der Waals surface area contributed by atoms with E-state index in [0.717, 1.165) is 13.0 Å². The minimum Gasteiger partial charge on any atom is -0.478 e. The first kappa shape index (κ1) is 14.5. The molecular formula is C15H19NO4. The highest BCUT2D eigenvalue weighted by Gasteiger charge is 2.16. The summed E-state index contributed by atoms with van der Waals surface area (Å²) in [6, 6.07) is 6.83. The quantitative estimate of drug-likeness (QED) is 0.907. The standard InChI is InChI=1S/C15H19NO4/c17-14(16-8-3-10-20-11-9-16)7-6-12-4-1-2-5-13(12)15(18)19/h1-2,4-5H,3,6-11H2,(H,18,19). The normalized spacial score (nSPS) is 15.7. The monoisotopic (exact) mass is 277 g/mol. The summed E-state index contributed by atoms with van der Waals surface area (Å²) in [5, 5.41) is 9.10. The molecule has 1 aromatic carbocycles. The molecule has 0 radical (unpaired) electrons. The van der Waals surface area contributed by atoms with Crippen molar-refractivity contribution in [3.63, 3.8) is 0 Å². The largest absolute Gasteiger partial charge is 0.478 e. The Morgan fingerprint density at radius 2 is 2.00 bits per heavy atom. The van der Waals surface area contributed by atoms with Crippen molar-refractivity contribution in [3.05, 3.63) is 35.4 Å². The number of benzene rings is 1. The van der Waals surface area contributed by atoms with Crippen molar-refractivity contribution in [1.29, 1.82) is 0 Å². The average molecular weight is 277 g/mol. The van der Waals surface area contributed by atoms with Gasteiger partial charge in [-0.15, -0.1) is 0 Å². The molecule has 1 saturated heterocycles. The van der Waals surface area contributed by atoms with Gasteiger partial charge < -0.3 is 14.7 Å². The van der Waals surface area contributed by atoms with Crippen molar-refractivity contribution in [2.75, 3.05) is 26.3 Å². The third kappa shape index (κ3) is 3.81. The van der Waals surface area contributed by atoms with Crippen molar-refractivity contribution in [1.82, 2.24) is 4.90 Å². The summed E-state index contributed by atoms with van der Waals surface area (Å²) in [6.45, 7) is 2.63. The minimum absolute atomic E-state index is 0.0655. The molecule has 108 valence electrons. The fourth-order valence-corrected chi connectivity index (χ4v) is 2.34. The highest BCUT2D eigenvalue weighted by atomic mass is 16.5. The molecule has 1 amide bonds. The predicted octanol–water partition coefficient (Wildman–Crippen LogP) is 1.57. The topological polar surface area (TPSA) is 66.8 Å². The Morgan fingerprint density at radius 1 is 1.20 bits per heavy atom. The van der Waals surface area contributed by atoms with Crippen LogP contribution in [0.5, 0.6) is 0 Å². The van der Waals surface area contributed by atoms with Gasteiger partial charge in [0.25, 0.3) is 0 Å². The molecule has 20 heavy (non-hydrogen) atoms. The van der Waals surface area contributed by atoms with Gasteiger partial charge in [0.15, 0.2) is 0 Å². The number of carbonyl (C=O) groups is 2. The Hall–Kier alpha value is -1.88. The third-order valence-electron chi connectivity index (χ3n) is 3.43. The third-order valence-corrected chi connectivity index (χ3v) is 3.43. The molecule has 1 fully saturated rings. The summed E-state index contributed by atoms with van der Waals surface area (Å²) in [4.78, 5) is 25.0. The number of hydrogen-bond donors (Lipinski definition) is 1. The van der Waals surface area contributed by atoms with Crippen LogP contribution < -0.4 is 0 Å². The maximum Gasteiger partial charge on any atom is 0.335 e. The van der Waals surface area contributed by atoms with Crippen molar-refractivity contribution in [2.24, 2.45) is 0 Å². The molecule has 1 aromatic rings. The fourth-order valence-electron chi connectivity index (χ4n) is 2.34. The lowest BCUT2D eigenvalue weighted by atomic mass is 10.0. The van der Waals surface area contributed by atoms with Crippen molar-refractivity contribution in [2.45, 2.75) is 19.3 Å². The predicted molar refractivity (Wildman–Crippen MR) is 73.7 cm³/mol. The van der Waals surface area contributed by atoms with Crippen LogP contribution in [0.3, 0.4) is 0 Å². The lowest BCUT2D eigenvalue weighted by Gasteiger charge is -2.19. The van der Waals surface area contributed by atoms with Crippen LogP contribution in [0.4, 0.5) is 0 Å². The molecule has 1 aliphatic rings. The lowest BCUT2D eigenvalue weighted by molar-refractivity contribution is -0.131. The summed E-state index contributed by atoms with van der Waals surface area (Å²) < 4.78 is 5.32. The summed E-state index contributed by atoms with van der Waals surface area (Å²) in [6.07, 6.45) is 1.65. The van der Waals surface area contributed by atoms with E-state index in [2.05, 4.69) is 0 Å². The number of amides is 1. The van der Waals surface area contributed by atoms with Crippen LogP contribution in [0.1, 0.15) is 28.8 Å². The van der Waals surface area contributed by atoms with E-state index in [0.29, 0.717) is 38.2 Å². The number of rotatable bonds is 4. The second kappa shape index (κ2) is 7.05. The second-order valence-corrected chi connectivity index (χ2v) is 4.81. The van der Waals surface area contributed by atoms with Crippen LogP contribution in [-0.4, -0.2) is 48.2 Å². The molecule has 0 atom stereocenters. The van der Waals surface area contributed by atoms with Crippen LogP contribution in [0.2, 0.25) is 0 Å². The summed E-state index contributed by atoms with van der Waals surface area (Å²) in [7, 11) is 0. The van der Waals surface area contributed by atoms with Gasteiger partial charge in [-0.1, -0.05) is 18.2 Å². The highest BCUT2D eigenvalue weighted by molar-refractivity contribution is 5.89. The van der Waals surface area contributed by atoms with Gasteiger partial charge in [0.05, 0.1) is 12.2 Å². The van der Waals surface area contributed by atoms with E-state index in [-0.39, 0.29) is 11.5 Å². The Morgan fingerprint density at radius 3 is 2.80 bits per heavy atom. The molecule has 5 nitrogen and oxygen atoms in total. The highest BCUT2D eigenvalue weighted by Crippen LogP contribution is 2.12. The minimum atomic E-state index is -0.948. The van der Waals surface area contributed by atoms with Crippen LogP contribution in [0.25, 0.3) is 0 Å². The first-order chi connectivity index (χ1) is 9.68. The first-order valence-corrected chi connectivity index (χ1v) is 6.85. The lowest BCUT2D eigenvalue weighted by Crippen LogP contribution is -2.33. The zero-order valence-corrected chi connectivity index (χ0v) is 11.4.